The highest BCUT2D eigenvalue weighted by Crippen LogP contribution is 2.26. The van der Waals surface area contributed by atoms with Gasteiger partial charge in [-0.25, -0.2) is 9.97 Å². The van der Waals surface area contributed by atoms with Gasteiger partial charge in [-0.05, 0) is 25.3 Å². The lowest BCUT2D eigenvalue weighted by Crippen LogP contribution is -2.11. The molecule has 1 heterocycles. The molecule has 0 saturated heterocycles. The molecule has 3 heteroatoms. The lowest BCUT2D eigenvalue weighted by atomic mass is 9.97. The Morgan fingerprint density at radius 3 is 2.27 bits per heavy atom. The molecule has 0 bridgehead atoms. The Morgan fingerprint density at radius 2 is 1.80 bits per heavy atom. The molecular formula is C12H19ClN2. The van der Waals surface area contributed by atoms with Crippen LogP contribution in [0, 0.1) is 0 Å². The molecule has 15 heavy (non-hydrogen) atoms. The molecule has 0 aliphatic heterocycles. The second kappa shape index (κ2) is 5.45. The summed E-state index contributed by atoms with van der Waals surface area (Å²) >= 11 is 6.15. The van der Waals surface area contributed by atoms with E-state index < -0.39 is 0 Å². The van der Waals surface area contributed by atoms with E-state index in [2.05, 4.69) is 36.8 Å². The fraction of sp³-hybridized carbons (Fsp3) is 0.667. The van der Waals surface area contributed by atoms with Crippen LogP contribution < -0.4 is 0 Å². The van der Waals surface area contributed by atoms with Gasteiger partial charge in [-0.3, -0.25) is 0 Å². The second-order valence-electron chi connectivity index (χ2n) is 4.21. The molecule has 0 aliphatic rings. The fourth-order valence-corrected chi connectivity index (χ4v) is 1.98. The van der Waals surface area contributed by atoms with Crippen molar-refractivity contribution in [3.05, 3.63) is 23.8 Å². The summed E-state index contributed by atoms with van der Waals surface area (Å²) < 4.78 is 0. The van der Waals surface area contributed by atoms with Crippen LogP contribution in [0.2, 0.25) is 0 Å². The van der Waals surface area contributed by atoms with E-state index in [1.165, 1.54) is 0 Å². The molecule has 1 rings (SSSR count). The first kappa shape index (κ1) is 12.4. The first-order valence-electron chi connectivity index (χ1n) is 5.52. The summed E-state index contributed by atoms with van der Waals surface area (Å²) in [5, 5.41) is 0.116. The molecule has 0 radical (unpaired) electrons. The van der Waals surface area contributed by atoms with E-state index in [9.17, 15) is 0 Å². The number of hydrogen-bond acceptors (Lipinski definition) is 2. The largest absolute Gasteiger partial charge is 0.241 e. The van der Waals surface area contributed by atoms with Crippen molar-refractivity contribution in [3.63, 3.8) is 0 Å². The molecule has 2 unspecified atom stereocenters. The molecule has 0 fully saturated rings. The third kappa shape index (κ3) is 3.16. The van der Waals surface area contributed by atoms with Gasteiger partial charge in [0, 0.05) is 22.7 Å². The standard InChI is InChI=1S/C12H19ClN2/c1-5-10(9(4)13)12-6-11(8(2)3)14-7-15-12/h6-10H,5H2,1-4H3. The fourth-order valence-electron chi connectivity index (χ4n) is 1.68. The highest BCUT2D eigenvalue weighted by Gasteiger charge is 2.17. The number of rotatable bonds is 4. The number of alkyl halides is 1. The molecule has 0 aromatic carbocycles. The summed E-state index contributed by atoms with van der Waals surface area (Å²) in [5.74, 6) is 0.766. The van der Waals surface area contributed by atoms with Crippen LogP contribution in [0.3, 0.4) is 0 Å². The van der Waals surface area contributed by atoms with Gasteiger partial charge < -0.3 is 0 Å². The Hall–Kier alpha value is -0.630. The van der Waals surface area contributed by atoms with Gasteiger partial charge in [0.2, 0.25) is 0 Å². The Balaban J connectivity index is 2.98. The summed E-state index contributed by atoms with van der Waals surface area (Å²) in [4.78, 5) is 8.58. The van der Waals surface area contributed by atoms with E-state index in [-0.39, 0.29) is 5.38 Å². The van der Waals surface area contributed by atoms with Crippen molar-refractivity contribution in [1.82, 2.24) is 9.97 Å². The highest BCUT2D eigenvalue weighted by molar-refractivity contribution is 6.20. The van der Waals surface area contributed by atoms with Gasteiger partial charge in [0.15, 0.2) is 0 Å². The van der Waals surface area contributed by atoms with Crippen molar-refractivity contribution in [2.24, 2.45) is 0 Å². The van der Waals surface area contributed by atoms with Crippen molar-refractivity contribution in [2.45, 2.75) is 51.3 Å². The molecule has 0 saturated carbocycles. The Morgan fingerprint density at radius 1 is 1.20 bits per heavy atom. The molecule has 1 aromatic heterocycles. The van der Waals surface area contributed by atoms with Crippen LogP contribution >= 0.6 is 11.6 Å². The first-order valence-corrected chi connectivity index (χ1v) is 5.95. The molecule has 2 atom stereocenters. The van der Waals surface area contributed by atoms with Crippen LogP contribution in [-0.2, 0) is 0 Å². The molecular weight excluding hydrogens is 208 g/mol. The maximum Gasteiger partial charge on any atom is 0.115 e. The zero-order valence-electron chi connectivity index (χ0n) is 9.87. The van der Waals surface area contributed by atoms with Gasteiger partial charge in [0.1, 0.15) is 6.33 Å². The lowest BCUT2D eigenvalue weighted by molar-refractivity contribution is 0.623. The average molecular weight is 227 g/mol. The first-order chi connectivity index (χ1) is 7.06. The monoisotopic (exact) mass is 226 g/mol. The van der Waals surface area contributed by atoms with Crippen LogP contribution in [0.4, 0.5) is 0 Å². The van der Waals surface area contributed by atoms with Gasteiger partial charge >= 0.3 is 0 Å². The Labute approximate surface area is 97.1 Å². The van der Waals surface area contributed by atoms with Crippen LogP contribution in [0.25, 0.3) is 0 Å². The van der Waals surface area contributed by atoms with Crippen molar-refractivity contribution < 1.29 is 0 Å². The van der Waals surface area contributed by atoms with E-state index >= 15 is 0 Å². The number of halogens is 1. The summed E-state index contributed by atoms with van der Waals surface area (Å²) in [5.41, 5.74) is 2.16. The maximum atomic E-state index is 6.15. The summed E-state index contributed by atoms with van der Waals surface area (Å²) in [7, 11) is 0. The summed E-state index contributed by atoms with van der Waals surface area (Å²) in [6.07, 6.45) is 2.66. The number of aromatic nitrogens is 2. The molecule has 0 spiro atoms. The van der Waals surface area contributed by atoms with Crippen molar-refractivity contribution in [2.75, 3.05) is 0 Å². The van der Waals surface area contributed by atoms with Gasteiger partial charge in [0.25, 0.3) is 0 Å². The molecule has 84 valence electrons. The van der Waals surface area contributed by atoms with E-state index in [0.717, 1.165) is 17.8 Å². The van der Waals surface area contributed by atoms with E-state index in [0.29, 0.717) is 11.8 Å². The topological polar surface area (TPSA) is 25.8 Å². The van der Waals surface area contributed by atoms with Crippen LogP contribution in [0.5, 0.6) is 0 Å². The third-order valence-corrected chi connectivity index (χ3v) is 2.98. The van der Waals surface area contributed by atoms with Crippen LogP contribution in [0.1, 0.15) is 57.3 Å². The minimum Gasteiger partial charge on any atom is -0.241 e. The van der Waals surface area contributed by atoms with Gasteiger partial charge in [0.05, 0.1) is 0 Å². The molecule has 2 nitrogen and oxygen atoms in total. The second-order valence-corrected chi connectivity index (χ2v) is 4.90. The maximum absolute atomic E-state index is 6.15. The van der Waals surface area contributed by atoms with Crippen molar-refractivity contribution >= 4 is 11.6 Å². The summed E-state index contributed by atoms with van der Waals surface area (Å²) in [6, 6.07) is 2.08. The number of nitrogens with zero attached hydrogens (tertiary/aromatic N) is 2. The van der Waals surface area contributed by atoms with Crippen LogP contribution in [-0.4, -0.2) is 15.3 Å². The van der Waals surface area contributed by atoms with Gasteiger partial charge in [-0.1, -0.05) is 20.8 Å². The minimum absolute atomic E-state index is 0.116. The molecule has 0 N–H and O–H groups in total. The van der Waals surface area contributed by atoms with Crippen molar-refractivity contribution in [1.29, 1.82) is 0 Å². The smallest absolute Gasteiger partial charge is 0.115 e. The minimum atomic E-state index is 0.116. The predicted octanol–water partition coefficient (Wildman–Crippen LogP) is 3.72. The van der Waals surface area contributed by atoms with Crippen LogP contribution in [0.15, 0.2) is 12.4 Å². The van der Waals surface area contributed by atoms with Crippen molar-refractivity contribution in [3.8, 4) is 0 Å². The quantitative estimate of drug-likeness (QED) is 0.732. The van der Waals surface area contributed by atoms with E-state index in [1.807, 2.05) is 6.92 Å². The van der Waals surface area contributed by atoms with E-state index in [4.69, 9.17) is 11.6 Å². The number of hydrogen-bond donors (Lipinski definition) is 0. The molecule has 0 amide bonds. The average Bonchev–Trinajstić information content (AvgIpc) is 2.18. The normalized spacial score (nSPS) is 15.3. The highest BCUT2D eigenvalue weighted by atomic mass is 35.5. The molecule has 0 aliphatic carbocycles. The lowest BCUT2D eigenvalue weighted by Gasteiger charge is -2.17. The third-order valence-electron chi connectivity index (χ3n) is 2.68. The Bertz CT molecular complexity index is 310. The molecule has 1 aromatic rings. The van der Waals surface area contributed by atoms with E-state index in [1.54, 1.807) is 6.33 Å². The Kier molecular flexibility index (Phi) is 4.52. The zero-order chi connectivity index (χ0) is 11.4. The van der Waals surface area contributed by atoms with Gasteiger partial charge in [-0.15, -0.1) is 11.6 Å². The predicted molar refractivity (Wildman–Crippen MR) is 64.5 cm³/mol. The summed E-state index contributed by atoms with van der Waals surface area (Å²) in [6.45, 7) is 8.43. The zero-order valence-corrected chi connectivity index (χ0v) is 10.6. The van der Waals surface area contributed by atoms with Gasteiger partial charge in [-0.2, -0.15) is 0 Å². The SMILES string of the molecule is CCC(c1cc(C(C)C)ncn1)C(C)Cl.